The van der Waals surface area contributed by atoms with Crippen LogP contribution < -0.4 is 15.1 Å². The number of piperidine rings is 2. The number of hydrogen-bond acceptors (Lipinski definition) is 13. The second kappa shape index (κ2) is 22.4. The van der Waals surface area contributed by atoms with Crippen LogP contribution in [0, 0.1) is 32.9 Å². The predicted octanol–water partition coefficient (Wildman–Crippen LogP) is 8.12. The molecule has 3 amide bonds. The van der Waals surface area contributed by atoms with Gasteiger partial charge in [-0.1, -0.05) is 34.6 Å². The summed E-state index contributed by atoms with van der Waals surface area (Å²) in [5.41, 5.74) is -0.995. The summed E-state index contributed by atoms with van der Waals surface area (Å²) in [5, 5.41) is 10.9. The Balaban J connectivity index is 0.000000262. The maximum atomic E-state index is 15.4. The van der Waals surface area contributed by atoms with Crippen LogP contribution in [0.4, 0.5) is 25.2 Å². The first-order chi connectivity index (χ1) is 32.6. The Hall–Kier alpha value is -6.26. The predicted molar refractivity (Wildman–Crippen MR) is 261 cm³/mol. The molecule has 2 fully saturated rings. The maximum absolute atomic E-state index is 15.4. The molecule has 0 saturated carbocycles. The zero-order valence-electron chi connectivity index (χ0n) is 41.8. The number of nitrogens with one attached hydrogen (secondary N) is 1. The van der Waals surface area contributed by atoms with Gasteiger partial charge in [-0.3, -0.25) is 29.0 Å². The van der Waals surface area contributed by atoms with Crippen molar-refractivity contribution in [2.24, 2.45) is 10.3 Å². The van der Waals surface area contributed by atoms with Crippen LogP contribution in [-0.2, 0) is 45.1 Å². The molecule has 2 saturated heterocycles. The van der Waals surface area contributed by atoms with E-state index in [-0.39, 0.29) is 86.3 Å². The molecule has 2 aromatic carbocycles. The summed E-state index contributed by atoms with van der Waals surface area (Å²) in [6.45, 7) is 17.7. The Kier molecular flexibility index (Phi) is 17.6. The standard InChI is InChI=1S/C28H33FN4O5.C23H25FN4O3.CH3.W/c1-17-9-7-13-30-24(17)33(19-10-8-14-32(16-19)26(36)37-27(2,3)4)25(35)20-12-11-18(15-21(20)29)22-23(34)28(5,6)38-31-22;1-14-6-4-11-26-21(14)28(16-7-5-10-25-13-16)22(30)17-9-8-15(12-18(17)24)19-20(29)23(2,3)31-27-19;;/h7,9,11-13,15,19H,8,10,14,16H2,1-6H3;4,6,8-9,11-12,16,25H,5,7,10,13H2,1-3H3;1H3;/q;;-1;/t19-;16-;;/m11../s1. The van der Waals surface area contributed by atoms with E-state index in [2.05, 4.69) is 25.6 Å². The van der Waals surface area contributed by atoms with Crippen LogP contribution in [0.2, 0.25) is 0 Å². The van der Waals surface area contributed by atoms with Crippen LogP contribution in [0.25, 0.3) is 0 Å². The van der Waals surface area contributed by atoms with Gasteiger partial charge in [0.1, 0.15) is 28.9 Å². The minimum atomic E-state index is -1.13. The number of rotatable bonds is 8. The summed E-state index contributed by atoms with van der Waals surface area (Å²) in [6.07, 6.45) is 5.68. The number of benzene rings is 2. The van der Waals surface area contributed by atoms with Crippen molar-refractivity contribution in [3.05, 3.63) is 125 Å². The van der Waals surface area contributed by atoms with E-state index in [0.29, 0.717) is 37.6 Å². The topological polar surface area (TPSA) is 185 Å². The van der Waals surface area contributed by atoms with Crippen molar-refractivity contribution in [1.29, 1.82) is 0 Å². The fourth-order valence-corrected chi connectivity index (χ4v) is 8.40. The molecule has 0 bridgehead atoms. The third kappa shape index (κ3) is 12.3. The Morgan fingerprint density at radius 3 is 1.61 bits per heavy atom. The van der Waals surface area contributed by atoms with E-state index < -0.39 is 52.4 Å². The summed E-state index contributed by atoms with van der Waals surface area (Å²) in [5.74, 6) is -2.36. The van der Waals surface area contributed by atoms with Crippen LogP contribution in [0.3, 0.4) is 0 Å². The number of amides is 3. The summed E-state index contributed by atoms with van der Waals surface area (Å²) in [7, 11) is 0. The van der Waals surface area contributed by atoms with Crippen molar-refractivity contribution in [2.45, 2.75) is 117 Å². The first-order valence-corrected chi connectivity index (χ1v) is 23.0. The Labute approximate surface area is 427 Å². The molecule has 0 spiro atoms. The number of Topliss-reactive ketones (excluding diaryl/α,β-unsaturated/α-hetero) is 2. The first-order valence-electron chi connectivity index (χ1n) is 23.0. The van der Waals surface area contributed by atoms with Gasteiger partial charge in [0.05, 0.1) is 23.2 Å². The Morgan fingerprint density at radius 1 is 0.746 bits per heavy atom. The second-order valence-electron chi connectivity index (χ2n) is 19.5. The number of ketones is 2. The molecule has 16 nitrogen and oxygen atoms in total. The van der Waals surface area contributed by atoms with Gasteiger partial charge in [0.25, 0.3) is 11.8 Å². The molecule has 6 heterocycles. The Bertz CT molecular complexity index is 2740. The molecule has 4 aliphatic heterocycles. The Morgan fingerprint density at radius 2 is 1.21 bits per heavy atom. The average Bonchev–Trinajstić information content (AvgIpc) is 3.74. The van der Waals surface area contributed by atoms with Crippen LogP contribution in [-0.4, -0.2) is 111 Å². The minimum Gasteiger partial charge on any atom is -0.444 e. The van der Waals surface area contributed by atoms with Gasteiger partial charge in [-0.2, -0.15) is 0 Å². The summed E-state index contributed by atoms with van der Waals surface area (Å²) < 4.78 is 36.1. The molecule has 4 aromatic rings. The molecule has 4 aliphatic rings. The van der Waals surface area contributed by atoms with Gasteiger partial charge in [-0.05, 0) is 142 Å². The number of aromatic nitrogens is 2. The van der Waals surface area contributed by atoms with Gasteiger partial charge in [0, 0.05) is 64.2 Å². The number of carbonyl (C=O) groups excluding carboxylic acids is 5. The molecule has 1 N–H and O–H groups in total. The van der Waals surface area contributed by atoms with Gasteiger partial charge < -0.3 is 32.1 Å². The van der Waals surface area contributed by atoms with Crippen LogP contribution in [0.15, 0.2) is 83.4 Å². The van der Waals surface area contributed by atoms with Crippen molar-refractivity contribution in [3.63, 3.8) is 0 Å². The first kappa shape index (κ1) is 55.7. The van der Waals surface area contributed by atoms with Gasteiger partial charge in [0.2, 0.25) is 11.6 Å². The molecule has 0 aliphatic carbocycles. The van der Waals surface area contributed by atoms with E-state index in [4.69, 9.17) is 14.4 Å². The van der Waals surface area contributed by atoms with Crippen LogP contribution in [0.5, 0.6) is 0 Å². The fraction of sp³-hybridized carbons (Fsp3) is 0.423. The molecule has 2 aromatic heterocycles. The number of likely N-dealkylation sites (tertiary alicyclic amines) is 1. The zero-order valence-corrected chi connectivity index (χ0v) is 44.7. The number of ether oxygens (including phenoxy) is 1. The average molecular weight is 1150 g/mol. The number of nitrogens with zero attached hydrogens (tertiary/aromatic N) is 7. The normalized spacial score (nSPS) is 19.0. The van der Waals surface area contributed by atoms with Crippen molar-refractivity contribution in [1.82, 2.24) is 20.2 Å². The molecular formula is C52H61F2N8O8W-. The third-order valence-corrected chi connectivity index (χ3v) is 12.1. The van der Waals surface area contributed by atoms with Crippen molar-refractivity contribution in [3.8, 4) is 0 Å². The van der Waals surface area contributed by atoms with E-state index in [1.54, 1.807) is 82.8 Å². The van der Waals surface area contributed by atoms with Crippen LogP contribution in [0.1, 0.15) is 117 Å². The van der Waals surface area contributed by atoms with Gasteiger partial charge in [0.15, 0.2) is 22.6 Å². The summed E-state index contributed by atoms with van der Waals surface area (Å²) >= 11 is 0. The molecule has 0 radical (unpaired) electrons. The quantitative estimate of drug-likeness (QED) is 0.168. The molecule has 8 rings (SSSR count). The third-order valence-electron chi connectivity index (χ3n) is 12.1. The van der Waals surface area contributed by atoms with Crippen LogP contribution >= 0.6 is 0 Å². The van der Waals surface area contributed by atoms with E-state index in [1.807, 2.05) is 26.0 Å². The van der Waals surface area contributed by atoms with Gasteiger partial charge >= 0.3 is 6.09 Å². The van der Waals surface area contributed by atoms with E-state index in [1.165, 1.54) is 29.2 Å². The molecule has 0 unspecified atom stereocenters. The van der Waals surface area contributed by atoms with E-state index in [9.17, 15) is 24.0 Å². The molecule has 2 atom stereocenters. The molecule has 19 heteroatoms. The number of aryl methyl sites for hydroxylation is 2. The number of oxime groups is 2. The van der Waals surface area contributed by atoms with E-state index in [0.717, 1.165) is 42.6 Å². The number of carbonyl (C=O) groups is 5. The largest absolute Gasteiger partial charge is 0.444 e. The number of anilines is 2. The second-order valence-corrected chi connectivity index (χ2v) is 19.5. The van der Waals surface area contributed by atoms with Crippen molar-refractivity contribution >= 4 is 52.5 Å². The molecule has 71 heavy (non-hydrogen) atoms. The van der Waals surface area contributed by atoms with Crippen molar-refractivity contribution in [2.75, 3.05) is 36.0 Å². The molecule has 378 valence electrons. The SMILES string of the molecule is Cc1cccnc1N(C(=O)c1ccc(C2=NOC(C)(C)C2=O)cc1F)[C@@H]1CCCN(C(=O)OC(C)(C)C)C1.Cc1cccnc1N(C(=O)c1ccc(C2=NOC(C)(C)C2=O)cc1F)[C@@H]1CCCNC1.[CH3-].[W]. The summed E-state index contributed by atoms with van der Waals surface area (Å²) in [6, 6.07) is 14.7. The number of hydrogen-bond donors (Lipinski definition) is 1. The zero-order chi connectivity index (χ0) is 50.0. The maximum Gasteiger partial charge on any atom is 0.410 e. The monoisotopic (exact) mass is 1150 g/mol. The smallest absolute Gasteiger partial charge is 0.410 e. The summed E-state index contributed by atoms with van der Waals surface area (Å²) in [4.78, 5) is 89.0. The van der Waals surface area contributed by atoms with E-state index >= 15 is 8.78 Å². The van der Waals surface area contributed by atoms with Gasteiger partial charge in [-0.25, -0.2) is 23.5 Å². The van der Waals surface area contributed by atoms with Crippen molar-refractivity contribution < 1.29 is 68.2 Å². The number of halogens is 2. The van der Waals surface area contributed by atoms with Gasteiger partial charge in [-0.15, -0.1) is 0 Å². The fourth-order valence-electron chi connectivity index (χ4n) is 8.40. The minimum absolute atomic E-state index is 0. The number of pyridine rings is 2. The molecular weight excluding hydrogens is 1090 g/mol.